The van der Waals surface area contributed by atoms with Gasteiger partial charge in [0.2, 0.25) is 0 Å². The first-order valence-electron chi connectivity index (χ1n) is 7.28. The molecule has 0 fully saturated rings. The highest BCUT2D eigenvalue weighted by molar-refractivity contribution is 9.10. The third-order valence-corrected chi connectivity index (χ3v) is 4.31. The minimum atomic E-state index is -0.134. The average Bonchev–Trinajstić information content (AvgIpc) is 2.56. The van der Waals surface area contributed by atoms with E-state index < -0.39 is 0 Å². The van der Waals surface area contributed by atoms with Gasteiger partial charge in [0.25, 0.3) is 0 Å². The Morgan fingerprint density at radius 3 is 2.41 bits per heavy atom. The lowest BCUT2D eigenvalue weighted by Gasteiger charge is -2.32. The molecule has 0 radical (unpaired) electrons. The lowest BCUT2D eigenvalue weighted by Crippen LogP contribution is -2.43. The number of hydrogen-bond acceptors (Lipinski definition) is 1. The van der Waals surface area contributed by atoms with Gasteiger partial charge in [0.1, 0.15) is 0 Å². The summed E-state index contributed by atoms with van der Waals surface area (Å²) in [6, 6.07) is 18.0. The number of carbonyl (C=O) groups is 1. The van der Waals surface area contributed by atoms with Crippen LogP contribution in [0.4, 0.5) is 4.79 Å². The molecule has 0 saturated carbocycles. The molecule has 1 aliphatic heterocycles. The highest BCUT2D eigenvalue weighted by Gasteiger charge is 2.27. The van der Waals surface area contributed by atoms with Gasteiger partial charge < -0.3 is 10.2 Å². The number of nitrogens with one attached hydrogen (secondary N) is 1. The Balaban J connectivity index is 2.06. The molecule has 2 aromatic carbocycles. The molecule has 2 amide bonds. The van der Waals surface area contributed by atoms with E-state index in [2.05, 4.69) is 33.4 Å². The molecule has 22 heavy (non-hydrogen) atoms. The Labute approximate surface area is 138 Å². The molecule has 1 atom stereocenters. The van der Waals surface area contributed by atoms with Gasteiger partial charge >= 0.3 is 6.03 Å². The van der Waals surface area contributed by atoms with Crippen molar-refractivity contribution in [2.75, 3.05) is 6.54 Å². The zero-order valence-corrected chi connectivity index (χ0v) is 13.9. The van der Waals surface area contributed by atoms with Crippen molar-refractivity contribution in [2.24, 2.45) is 0 Å². The standard InChI is InChI=1S/C18H17BrN2O/c1-2-21-12-16(13-6-4-3-5-7-13)17(20-18(21)22)14-8-10-15(19)11-9-14/h3-12,17H,2H2,1H3,(H,20,22). The van der Waals surface area contributed by atoms with Crippen LogP contribution < -0.4 is 5.32 Å². The van der Waals surface area contributed by atoms with Gasteiger partial charge in [0.15, 0.2) is 0 Å². The van der Waals surface area contributed by atoms with Crippen molar-refractivity contribution in [1.29, 1.82) is 0 Å². The molecule has 4 heteroatoms. The van der Waals surface area contributed by atoms with E-state index in [-0.39, 0.29) is 12.1 Å². The molecule has 0 spiro atoms. The van der Waals surface area contributed by atoms with Crippen molar-refractivity contribution >= 4 is 27.5 Å². The Kier molecular flexibility index (Phi) is 4.29. The minimum Gasteiger partial charge on any atom is -0.327 e. The van der Waals surface area contributed by atoms with Gasteiger partial charge in [0.05, 0.1) is 6.04 Å². The molecule has 0 aromatic heterocycles. The molecule has 0 bridgehead atoms. The van der Waals surface area contributed by atoms with Crippen LogP contribution in [0.5, 0.6) is 0 Å². The summed E-state index contributed by atoms with van der Waals surface area (Å²) in [5, 5.41) is 3.11. The summed E-state index contributed by atoms with van der Waals surface area (Å²) in [5.41, 5.74) is 3.29. The maximum atomic E-state index is 12.2. The Morgan fingerprint density at radius 2 is 1.77 bits per heavy atom. The zero-order chi connectivity index (χ0) is 15.5. The number of hydrogen-bond donors (Lipinski definition) is 1. The van der Waals surface area contributed by atoms with Crippen molar-refractivity contribution in [3.8, 4) is 0 Å². The van der Waals surface area contributed by atoms with Crippen molar-refractivity contribution in [3.05, 3.63) is 76.4 Å². The maximum Gasteiger partial charge on any atom is 0.322 e. The molecule has 0 aliphatic carbocycles. The van der Waals surface area contributed by atoms with Crippen LogP contribution in [0.3, 0.4) is 0 Å². The monoisotopic (exact) mass is 356 g/mol. The molecular weight excluding hydrogens is 340 g/mol. The lowest BCUT2D eigenvalue weighted by atomic mass is 9.92. The van der Waals surface area contributed by atoms with Gasteiger partial charge in [-0.1, -0.05) is 58.4 Å². The lowest BCUT2D eigenvalue weighted by molar-refractivity contribution is 0.212. The third kappa shape index (κ3) is 2.92. The predicted octanol–water partition coefficient (Wildman–Crippen LogP) is 4.58. The number of benzene rings is 2. The summed E-state index contributed by atoms with van der Waals surface area (Å²) in [6.45, 7) is 2.62. The van der Waals surface area contributed by atoms with E-state index in [9.17, 15) is 4.79 Å². The van der Waals surface area contributed by atoms with Gasteiger partial charge in [-0.3, -0.25) is 0 Å². The van der Waals surface area contributed by atoms with Gasteiger partial charge in [-0.05, 0) is 30.2 Å². The van der Waals surface area contributed by atoms with Gasteiger partial charge in [-0.15, -0.1) is 0 Å². The molecule has 1 N–H and O–H groups in total. The second-order valence-electron chi connectivity index (χ2n) is 5.17. The Morgan fingerprint density at radius 1 is 1.09 bits per heavy atom. The fourth-order valence-corrected chi connectivity index (χ4v) is 2.87. The molecular formula is C18H17BrN2O. The summed E-state index contributed by atoms with van der Waals surface area (Å²) in [7, 11) is 0. The van der Waals surface area contributed by atoms with Gasteiger partial charge in [-0.2, -0.15) is 0 Å². The van der Waals surface area contributed by atoms with E-state index >= 15 is 0 Å². The normalized spacial score (nSPS) is 17.9. The van der Waals surface area contributed by atoms with E-state index in [1.54, 1.807) is 4.90 Å². The number of nitrogens with zero attached hydrogens (tertiary/aromatic N) is 1. The van der Waals surface area contributed by atoms with E-state index in [1.165, 1.54) is 0 Å². The van der Waals surface area contributed by atoms with Crippen LogP contribution in [-0.2, 0) is 0 Å². The summed E-state index contributed by atoms with van der Waals surface area (Å²) >= 11 is 3.45. The fraction of sp³-hybridized carbons (Fsp3) is 0.167. The van der Waals surface area contributed by atoms with Crippen LogP contribution in [-0.4, -0.2) is 17.5 Å². The molecule has 2 aromatic rings. The van der Waals surface area contributed by atoms with E-state index in [1.807, 2.05) is 55.6 Å². The average molecular weight is 357 g/mol. The molecule has 112 valence electrons. The maximum absolute atomic E-state index is 12.2. The summed E-state index contributed by atoms with van der Waals surface area (Å²) in [4.78, 5) is 13.9. The van der Waals surface area contributed by atoms with Crippen molar-refractivity contribution in [1.82, 2.24) is 10.2 Å². The Bertz CT molecular complexity index is 695. The van der Waals surface area contributed by atoms with Crippen LogP contribution in [0, 0.1) is 0 Å². The second-order valence-corrected chi connectivity index (χ2v) is 6.09. The third-order valence-electron chi connectivity index (χ3n) is 3.79. The topological polar surface area (TPSA) is 32.3 Å². The smallest absolute Gasteiger partial charge is 0.322 e. The summed E-state index contributed by atoms with van der Waals surface area (Å²) < 4.78 is 1.03. The van der Waals surface area contributed by atoms with E-state index in [4.69, 9.17) is 0 Å². The minimum absolute atomic E-state index is 0.0601. The Hall–Kier alpha value is -2.07. The summed E-state index contributed by atoms with van der Waals surface area (Å²) in [6.07, 6.45) is 1.96. The molecule has 1 unspecified atom stereocenters. The number of amides is 2. The molecule has 0 saturated heterocycles. The molecule has 1 aliphatic rings. The highest BCUT2D eigenvalue weighted by Crippen LogP contribution is 2.33. The number of rotatable bonds is 3. The van der Waals surface area contributed by atoms with Crippen LogP contribution >= 0.6 is 15.9 Å². The van der Waals surface area contributed by atoms with Crippen molar-refractivity contribution in [3.63, 3.8) is 0 Å². The van der Waals surface area contributed by atoms with Gasteiger partial charge in [0, 0.05) is 22.8 Å². The zero-order valence-electron chi connectivity index (χ0n) is 12.3. The first-order valence-corrected chi connectivity index (χ1v) is 8.08. The van der Waals surface area contributed by atoms with Crippen LogP contribution in [0.25, 0.3) is 5.57 Å². The largest absolute Gasteiger partial charge is 0.327 e. The molecule has 3 rings (SSSR count). The van der Waals surface area contributed by atoms with Crippen LogP contribution in [0.2, 0.25) is 0 Å². The predicted molar refractivity (Wildman–Crippen MR) is 92.2 cm³/mol. The quantitative estimate of drug-likeness (QED) is 0.857. The first kappa shape index (κ1) is 14.9. The highest BCUT2D eigenvalue weighted by atomic mass is 79.9. The number of carbonyl (C=O) groups excluding carboxylic acids is 1. The van der Waals surface area contributed by atoms with Crippen LogP contribution in [0.15, 0.2) is 65.3 Å². The fourth-order valence-electron chi connectivity index (χ4n) is 2.61. The molecule has 3 nitrogen and oxygen atoms in total. The van der Waals surface area contributed by atoms with Crippen molar-refractivity contribution < 1.29 is 4.79 Å². The van der Waals surface area contributed by atoms with Gasteiger partial charge in [-0.25, -0.2) is 4.79 Å². The SMILES string of the molecule is CCN1C=C(c2ccccc2)C(c2ccc(Br)cc2)NC1=O. The first-order chi connectivity index (χ1) is 10.7. The second kappa shape index (κ2) is 6.36. The van der Waals surface area contributed by atoms with E-state index in [0.717, 1.165) is 21.2 Å². The summed E-state index contributed by atoms with van der Waals surface area (Å²) in [5.74, 6) is 0. The number of halogens is 1. The number of urea groups is 1. The van der Waals surface area contributed by atoms with E-state index in [0.29, 0.717) is 6.54 Å². The van der Waals surface area contributed by atoms with Crippen molar-refractivity contribution in [2.45, 2.75) is 13.0 Å². The molecule has 1 heterocycles. The van der Waals surface area contributed by atoms with Crippen LogP contribution in [0.1, 0.15) is 24.1 Å².